The zero-order valence-electron chi connectivity index (χ0n) is 14.0. The van der Waals surface area contributed by atoms with E-state index in [0.717, 1.165) is 26.2 Å². The number of morpholine rings is 2. The summed E-state index contributed by atoms with van der Waals surface area (Å²) < 4.78 is 25.9. The molecule has 2 fully saturated rings. The monoisotopic (exact) mass is 504 g/mol. The molecule has 0 spiro atoms. The number of rotatable bonds is 6. The number of hydrogen-bond acceptors (Lipinski definition) is 6. The zero-order valence-corrected chi connectivity index (χ0v) is 17.8. The van der Waals surface area contributed by atoms with Gasteiger partial charge in [0.25, 0.3) is 0 Å². The van der Waals surface area contributed by atoms with Crippen molar-refractivity contribution >= 4 is 5.27 Å². The molecule has 0 saturated carbocycles. The van der Waals surface area contributed by atoms with Crippen LogP contribution in [0.2, 0.25) is 0 Å². The Kier molecular flexibility index (Phi) is 7.70. The predicted octanol–water partition coefficient (Wildman–Crippen LogP) is 1.05. The molecule has 0 amide bonds. The zero-order chi connectivity index (χ0) is 16.2. The van der Waals surface area contributed by atoms with Crippen molar-refractivity contribution in [1.82, 2.24) is 9.99 Å². The van der Waals surface area contributed by atoms with E-state index in [1.165, 1.54) is 18.8 Å². The van der Waals surface area contributed by atoms with Crippen molar-refractivity contribution in [3.05, 3.63) is 0 Å². The van der Waals surface area contributed by atoms with E-state index in [4.69, 9.17) is 18.7 Å². The number of ether oxygens (including phenoxy) is 3. The summed E-state index contributed by atoms with van der Waals surface area (Å²) in [6.07, 6.45) is 0.800. The van der Waals surface area contributed by atoms with Gasteiger partial charge >= 0.3 is 144 Å². The standard InChI is InChI=1S/C14H29N2O4P.W/c1-11-5-15-6-13(19-11)10-18-21(4)16-7-12(2)20-14(8-16)9-17-3;/h11-15H,5-10H2,1-4H3;. The first kappa shape index (κ1) is 19.2. The number of nitrogens with zero attached hydrogens (tertiary/aromatic N) is 1. The van der Waals surface area contributed by atoms with Crippen molar-refractivity contribution in [1.29, 1.82) is 0 Å². The van der Waals surface area contributed by atoms with E-state index in [1.54, 1.807) is 7.11 Å². The third-order valence-electron chi connectivity index (χ3n) is 3.90. The fourth-order valence-electron chi connectivity index (χ4n) is 2.87. The average molecular weight is 504 g/mol. The van der Waals surface area contributed by atoms with E-state index in [0.29, 0.717) is 13.2 Å². The van der Waals surface area contributed by atoms with Crippen molar-refractivity contribution in [3.63, 3.8) is 0 Å². The van der Waals surface area contributed by atoms with Crippen molar-refractivity contribution < 1.29 is 37.5 Å². The van der Waals surface area contributed by atoms with Crippen molar-refractivity contribution in [2.45, 2.75) is 38.3 Å². The normalized spacial score (nSPS) is 36.9. The first-order valence-electron chi connectivity index (χ1n) is 7.88. The molecular weight excluding hydrogens is 475 g/mol. The molecule has 2 heterocycles. The maximum atomic E-state index is 6.34. The topological polar surface area (TPSA) is 52.2 Å². The van der Waals surface area contributed by atoms with Crippen LogP contribution in [-0.2, 0) is 37.5 Å². The molecule has 0 aliphatic carbocycles. The summed E-state index contributed by atoms with van der Waals surface area (Å²) in [5, 5.41) is 1.87. The molecule has 22 heavy (non-hydrogen) atoms. The number of methoxy groups -OCH3 is 1. The molecule has 0 radical (unpaired) electrons. The molecule has 5 unspecified atom stereocenters. The molecule has 2 aliphatic rings. The first-order chi connectivity index (χ1) is 10.4. The fourth-order valence-corrected chi connectivity index (χ4v) is 6.57. The summed E-state index contributed by atoms with van der Waals surface area (Å²) in [7, 11) is 1.73. The second-order valence-corrected chi connectivity index (χ2v) is 16.0. The van der Waals surface area contributed by atoms with Crippen LogP contribution in [0.1, 0.15) is 13.8 Å². The molecule has 1 N–H and O–H groups in total. The van der Waals surface area contributed by atoms with Crippen molar-refractivity contribution in [2.75, 3.05) is 53.2 Å². The maximum absolute atomic E-state index is 6.34. The van der Waals surface area contributed by atoms with Crippen LogP contribution in [0.4, 0.5) is 0 Å². The molecule has 0 aromatic rings. The summed E-state index contributed by atoms with van der Waals surface area (Å²) in [5.41, 5.74) is 0. The number of nitrogens with one attached hydrogen (secondary N) is 1. The van der Waals surface area contributed by atoms with E-state index in [-0.39, 0.29) is 24.4 Å². The Bertz CT molecular complexity index is 401. The third kappa shape index (κ3) is 5.75. The summed E-state index contributed by atoms with van der Waals surface area (Å²) >= 11 is 1.52. The van der Waals surface area contributed by atoms with Gasteiger partial charge in [-0.3, -0.25) is 0 Å². The molecule has 2 aliphatic heterocycles. The fraction of sp³-hybridized carbons (Fsp3) is 1.00. The van der Waals surface area contributed by atoms with Crippen LogP contribution in [0.5, 0.6) is 0 Å². The molecule has 6 nitrogen and oxygen atoms in total. The van der Waals surface area contributed by atoms with Crippen LogP contribution in [0.15, 0.2) is 0 Å². The second kappa shape index (κ2) is 8.82. The SMILES string of the molecule is COCC1CN([P](C)(=[W])OCC2CNCC(C)O2)CC(C)O1. The third-order valence-corrected chi connectivity index (χ3v) is 9.51. The molecule has 5 atom stereocenters. The molecule has 0 aromatic heterocycles. The van der Waals surface area contributed by atoms with Gasteiger partial charge in [-0.1, -0.05) is 0 Å². The van der Waals surface area contributed by atoms with E-state index < -0.39 is 5.27 Å². The predicted molar refractivity (Wildman–Crippen MR) is 83.8 cm³/mol. The summed E-state index contributed by atoms with van der Waals surface area (Å²) in [6.45, 7) is 11.5. The summed E-state index contributed by atoms with van der Waals surface area (Å²) in [4.78, 5) is 0. The second-order valence-electron chi connectivity index (χ2n) is 6.22. The van der Waals surface area contributed by atoms with Gasteiger partial charge in [0.2, 0.25) is 0 Å². The molecule has 8 heteroatoms. The Morgan fingerprint density at radius 2 is 1.86 bits per heavy atom. The Morgan fingerprint density at radius 3 is 2.55 bits per heavy atom. The van der Waals surface area contributed by atoms with Gasteiger partial charge in [-0.05, 0) is 0 Å². The molecule has 0 aromatic carbocycles. The Balaban J connectivity index is 1.86. The van der Waals surface area contributed by atoms with Crippen molar-refractivity contribution in [3.8, 4) is 0 Å². The van der Waals surface area contributed by atoms with Gasteiger partial charge in [0.05, 0.1) is 0 Å². The van der Waals surface area contributed by atoms with E-state index in [9.17, 15) is 0 Å². The van der Waals surface area contributed by atoms with E-state index >= 15 is 0 Å². The van der Waals surface area contributed by atoms with Gasteiger partial charge in [0.15, 0.2) is 0 Å². The Hall–Kier alpha value is 0.878. The minimum atomic E-state index is -1.53. The Labute approximate surface area is 144 Å². The van der Waals surface area contributed by atoms with Gasteiger partial charge in [0, 0.05) is 0 Å². The van der Waals surface area contributed by atoms with Crippen LogP contribution in [0, 0.1) is 0 Å². The molecular formula is C14H29N2O4PW. The van der Waals surface area contributed by atoms with Gasteiger partial charge in [-0.2, -0.15) is 0 Å². The van der Waals surface area contributed by atoms with E-state index in [2.05, 4.69) is 30.5 Å². The number of hydrogen-bond donors (Lipinski definition) is 1. The molecule has 2 saturated heterocycles. The quantitative estimate of drug-likeness (QED) is 0.547. The van der Waals surface area contributed by atoms with Crippen LogP contribution >= 0.6 is 5.27 Å². The van der Waals surface area contributed by atoms with Crippen LogP contribution in [0.3, 0.4) is 0 Å². The van der Waals surface area contributed by atoms with Crippen LogP contribution in [0.25, 0.3) is 0 Å². The van der Waals surface area contributed by atoms with Crippen LogP contribution in [-0.4, -0.2) is 82.3 Å². The van der Waals surface area contributed by atoms with Gasteiger partial charge < -0.3 is 0 Å². The molecule has 0 bridgehead atoms. The molecule has 2 rings (SSSR count). The van der Waals surface area contributed by atoms with Gasteiger partial charge in [-0.25, -0.2) is 0 Å². The van der Waals surface area contributed by atoms with Gasteiger partial charge in [0.1, 0.15) is 0 Å². The van der Waals surface area contributed by atoms with Crippen molar-refractivity contribution in [2.24, 2.45) is 0 Å². The van der Waals surface area contributed by atoms with Gasteiger partial charge in [-0.15, -0.1) is 0 Å². The summed E-state index contributed by atoms with van der Waals surface area (Å²) in [5.74, 6) is 0. The molecule has 130 valence electrons. The average Bonchev–Trinajstić information content (AvgIpc) is 2.45. The first-order valence-corrected chi connectivity index (χ1v) is 13.8. The summed E-state index contributed by atoms with van der Waals surface area (Å²) in [6, 6.07) is 0. The Morgan fingerprint density at radius 1 is 1.14 bits per heavy atom. The van der Waals surface area contributed by atoms with Crippen LogP contribution < -0.4 is 5.32 Å². The minimum absolute atomic E-state index is 0.142. The van der Waals surface area contributed by atoms with E-state index in [1.807, 2.05) is 0 Å².